The Kier molecular flexibility index (Phi) is 6.01. The Balaban J connectivity index is 1.30. The number of imide groups is 1. The van der Waals surface area contributed by atoms with Gasteiger partial charge in [0.2, 0.25) is 17.7 Å². The third-order valence-corrected chi connectivity index (χ3v) is 8.74. The van der Waals surface area contributed by atoms with Crippen LogP contribution < -0.4 is 10.3 Å². The number of amides is 3. The molecule has 3 amide bonds. The molecule has 43 heavy (non-hydrogen) atoms. The second kappa shape index (κ2) is 9.80. The quantitative estimate of drug-likeness (QED) is 0.156. The molecule has 4 aromatic carbocycles. The van der Waals surface area contributed by atoms with Gasteiger partial charge in [-0.25, -0.2) is 14.7 Å². The molecule has 2 bridgehead atoms. The van der Waals surface area contributed by atoms with Gasteiger partial charge in [0.1, 0.15) is 5.82 Å². The molecule has 0 saturated carbocycles. The minimum absolute atomic E-state index is 0.0700. The van der Waals surface area contributed by atoms with E-state index in [-0.39, 0.29) is 23.9 Å². The highest BCUT2D eigenvalue weighted by atomic mass is 19.1. The summed E-state index contributed by atoms with van der Waals surface area (Å²) in [5.41, 5.74) is 5.64. The number of non-ortho nitro benzene ring substituents is 1. The van der Waals surface area contributed by atoms with Crippen molar-refractivity contribution in [1.82, 2.24) is 5.43 Å². The van der Waals surface area contributed by atoms with Crippen LogP contribution in [0.25, 0.3) is 0 Å². The first kappa shape index (κ1) is 26.4. The van der Waals surface area contributed by atoms with E-state index >= 15 is 0 Å². The number of carbonyl (C=O) groups is 3. The Morgan fingerprint density at radius 3 is 2.12 bits per heavy atom. The number of nitrogens with one attached hydrogen (secondary N) is 1. The van der Waals surface area contributed by atoms with Crippen molar-refractivity contribution in [1.29, 1.82) is 0 Å². The van der Waals surface area contributed by atoms with E-state index in [2.05, 4.69) is 10.5 Å². The lowest BCUT2D eigenvalue weighted by Crippen LogP contribution is -2.54. The molecule has 1 N–H and O–H groups in total. The van der Waals surface area contributed by atoms with Crippen LogP contribution in [-0.2, 0) is 26.2 Å². The van der Waals surface area contributed by atoms with E-state index in [4.69, 9.17) is 0 Å². The van der Waals surface area contributed by atoms with Crippen LogP contribution in [0, 0.1) is 27.8 Å². The highest BCUT2D eigenvalue weighted by Crippen LogP contribution is 2.63. The molecular weight excluding hydrogens is 551 g/mol. The van der Waals surface area contributed by atoms with Crippen LogP contribution in [0.2, 0.25) is 0 Å². The first-order valence-electron chi connectivity index (χ1n) is 13.7. The van der Waals surface area contributed by atoms with Gasteiger partial charge in [-0.2, -0.15) is 5.10 Å². The van der Waals surface area contributed by atoms with E-state index in [1.54, 1.807) is 6.21 Å². The zero-order valence-corrected chi connectivity index (χ0v) is 22.5. The summed E-state index contributed by atoms with van der Waals surface area (Å²) in [6, 6.07) is 26.3. The highest BCUT2D eigenvalue weighted by Gasteiger charge is 2.68. The summed E-state index contributed by atoms with van der Waals surface area (Å²) < 4.78 is 13.7. The van der Waals surface area contributed by atoms with Gasteiger partial charge in [0, 0.05) is 24.3 Å². The lowest BCUT2D eigenvalue weighted by Gasteiger charge is -2.52. The molecule has 0 aromatic heterocycles. The van der Waals surface area contributed by atoms with Crippen LogP contribution in [0.1, 0.15) is 33.7 Å². The molecule has 2 atom stereocenters. The van der Waals surface area contributed by atoms with Gasteiger partial charge in [0.25, 0.3) is 5.69 Å². The average Bonchev–Trinajstić information content (AvgIpc) is 3.28. The summed E-state index contributed by atoms with van der Waals surface area (Å²) in [7, 11) is 0. The maximum absolute atomic E-state index is 14.3. The van der Waals surface area contributed by atoms with Crippen molar-refractivity contribution in [3.63, 3.8) is 0 Å². The molecule has 0 radical (unpaired) electrons. The van der Waals surface area contributed by atoms with Crippen molar-refractivity contribution >= 4 is 35.3 Å². The third kappa shape index (κ3) is 3.90. The molecule has 8 rings (SSSR count). The molecule has 1 fully saturated rings. The molecule has 3 aliphatic carbocycles. The average molecular weight is 575 g/mol. The number of carbonyl (C=O) groups excluding carboxylic acids is 3. The van der Waals surface area contributed by atoms with Crippen LogP contribution >= 0.6 is 0 Å². The Morgan fingerprint density at radius 2 is 1.51 bits per heavy atom. The second-order valence-electron chi connectivity index (χ2n) is 10.9. The van der Waals surface area contributed by atoms with E-state index in [0.29, 0.717) is 11.3 Å². The van der Waals surface area contributed by atoms with Crippen molar-refractivity contribution in [3.8, 4) is 0 Å². The zero-order chi connectivity index (χ0) is 29.9. The first-order chi connectivity index (χ1) is 20.8. The number of benzene rings is 4. The molecule has 1 saturated heterocycles. The number of hydrazone groups is 1. The molecule has 9 nitrogen and oxygen atoms in total. The Morgan fingerprint density at radius 1 is 0.907 bits per heavy atom. The number of anilines is 1. The maximum Gasteiger partial charge on any atom is 0.269 e. The monoisotopic (exact) mass is 574 g/mol. The van der Waals surface area contributed by atoms with E-state index in [1.807, 2.05) is 48.5 Å². The van der Waals surface area contributed by atoms with Crippen LogP contribution in [-0.4, -0.2) is 28.9 Å². The molecule has 4 aromatic rings. The summed E-state index contributed by atoms with van der Waals surface area (Å²) in [6.07, 6.45) is 1.49. The second-order valence-corrected chi connectivity index (χ2v) is 10.9. The number of nitrogens with zero attached hydrogens (tertiary/aromatic N) is 3. The fourth-order valence-electron chi connectivity index (χ4n) is 7.06. The highest BCUT2D eigenvalue weighted by molar-refractivity contribution is 6.25. The van der Waals surface area contributed by atoms with Crippen LogP contribution in [0.3, 0.4) is 0 Å². The number of halogens is 1. The topological polar surface area (TPSA) is 122 Å². The third-order valence-electron chi connectivity index (χ3n) is 8.74. The van der Waals surface area contributed by atoms with E-state index in [9.17, 15) is 28.9 Å². The van der Waals surface area contributed by atoms with Gasteiger partial charge in [0.05, 0.1) is 34.3 Å². The SMILES string of the molecule is O=C(Cc1ccc([N+](=O)[O-])cc1)N/N=C\C12c3ccccc3C(c3ccccc31)[C@H]1C(=O)N(c3ccc(F)cc3)C(=O)[C@@H]12. The molecular formula is C33H23FN4O5. The Labute approximate surface area is 244 Å². The van der Waals surface area contributed by atoms with Gasteiger partial charge >= 0.3 is 0 Å². The Bertz CT molecular complexity index is 1810. The number of hydrogen-bond donors (Lipinski definition) is 1. The standard InChI is InChI=1S/C33H23FN4O5/c34-20-11-15-21(16-12-20)37-31(40)29-28-23-5-1-3-7-25(23)33(30(29)32(37)41,26-8-4-2-6-24(26)28)18-35-36-27(39)17-19-9-13-22(14-10-19)38(42)43/h1-16,18,28-30H,17H2,(H,36,39)/b35-18-/t28?,29-,30-,33?/m1/s1. The van der Waals surface area contributed by atoms with Gasteiger partial charge in [-0.1, -0.05) is 60.7 Å². The molecule has 1 heterocycles. The summed E-state index contributed by atoms with van der Waals surface area (Å²) in [6.45, 7) is 0. The molecule has 1 aliphatic heterocycles. The molecule has 10 heteroatoms. The fourth-order valence-corrected chi connectivity index (χ4v) is 7.06. The van der Waals surface area contributed by atoms with E-state index in [1.165, 1.54) is 48.5 Å². The van der Waals surface area contributed by atoms with Crippen LogP contribution in [0.4, 0.5) is 15.8 Å². The van der Waals surface area contributed by atoms with Gasteiger partial charge in [-0.3, -0.25) is 24.5 Å². The predicted molar refractivity (Wildman–Crippen MR) is 155 cm³/mol. The van der Waals surface area contributed by atoms with Crippen molar-refractivity contribution in [2.45, 2.75) is 17.8 Å². The van der Waals surface area contributed by atoms with Crippen LogP contribution in [0.15, 0.2) is 102 Å². The molecule has 0 unspecified atom stereocenters. The maximum atomic E-state index is 14.3. The summed E-state index contributed by atoms with van der Waals surface area (Å²) >= 11 is 0. The van der Waals surface area contributed by atoms with Crippen molar-refractivity contribution in [2.24, 2.45) is 16.9 Å². The van der Waals surface area contributed by atoms with Gasteiger partial charge in [-0.05, 0) is 52.1 Å². The van der Waals surface area contributed by atoms with Gasteiger partial charge in [0.15, 0.2) is 0 Å². The number of nitro benzene ring substituents is 1. The first-order valence-corrected chi connectivity index (χ1v) is 13.7. The number of nitro groups is 1. The smallest absolute Gasteiger partial charge is 0.269 e. The molecule has 212 valence electrons. The Hall–Kier alpha value is -5.51. The molecule has 0 spiro atoms. The normalized spacial score (nSPS) is 23.2. The van der Waals surface area contributed by atoms with E-state index in [0.717, 1.165) is 27.2 Å². The number of rotatable bonds is 6. The minimum Gasteiger partial charge on any atom is -0.274 e. The fraction of sp³-hybridized carbons (Fsp3) is 0.152. The molecule has 4 aliphatic rings. The van der Waals surface area contributed by atoms with Crippen LogP contribution in [0.5, 0.6) is 0 Å². The lowest BCUT2D eigenvalue weighted by atomic mass is 9.47. The van der Waals surface area contributed by atoms with Crippen molar-refractivity contribution in [3.05, 3.63) is 141 Å². The number of hydrogen-bond acceptors (Lipinski definition) is 6. The lowest BCUT2D eigenvalue weighted by molar-refractivity contribution is -0.384. The van der Waals surface area contributed by atoms with Crippen molar-refractivity contribution < 1.29 is 23.7 Å². The van der Waals surface area contributed by atoms with Gasteiger partial charge in [-0.15, -0.1) is 0 Å². The summed E-state index contributed by atoms with van der Waals surface area (Å²) in [5, 5.41) is 15.3. The van der Waals surface area contributed by atoms with E-state index < -0.39 is 39.8 Å². The van der Waals surface area contributed by atoms with Gasteiger partial charge < -0.3 is 0 Å². The summed E-state index contributed by atoms with van der Waals surface area (Å²) in [4.78, 5) is 52.8. The largest absolute Gasteiger partial charge is 0.274 e. The summed E-state index contributed by atoms with van der Waals surface area (Å²) in [5.74, 6) is -3.67. The zero-order valence-electron chi connectivity index (χ0n) is 22.5. The van der Waals surface area contributed by atoms with Crippen molar-refractivity contribution in [2.75, 3.05) is 4.90 Å². The predicted octanol–water partition coefficient (Wildman–Crippen LogP) is 4.63. The minimum atomic E-state index is -1.17.